The summed E-state index contributed by atoms with van der Waals surface area (Å²) in [6.07, 6.45) is 0. The number of rotatable bonds is 5. The zero-order valence-electron chi connectivity index (χ0n) is 30.8. The molecule has 0 saturated heterocycles. The number of benzene rings is 10. The molecule has 57 heavy (non-hydrogen) atoms. The van der Waals surface area contributed by atoms with Crippen molar-refractivity contribution in [3.63, 3.8) is 0 Å². The first-order valence-electron chi connectivity index (χ1n) is 19.4. The smallest absolute Gasteiger partial charge is 0.143 e. The summed E-state index contributed by atoms with van der Waals surface area (Å²) in [6, 6.07) is 72.8. The molecule has 2 aromatic heterocycles. The highest BCUT2D eigenvalue weighted by Gasteiger charge is 2.22. The molecule has 2 nitrogen and oxygen atoms in total. The third kappa shape index (κ3) is 5.03. The maximum absolute atomic E-state index is 6.68. The second-order valence-corrected chi connectivity index (χ2v) is 15.9. The number of hydrogen-bond acceptors (Lipinski definition) is 3. The number of thiophene rings is 1. The topological polar surface area (TPSA) is 16.4 Å². The number of nitrogens with zero attached hydrogens (tertiary/aromatic N) is 1. The van der Waals surface area contributed by atoms with Crippen LogP contribution in [0.5, 0.6) is 0 Å². The van der Waals surface area contributed by atoms with Gasteiger partial charge in [-0.1, -0.05) is 140 Å². The monoisotopic (exact) mass is 743 g/mol. The minimum atomic E-state index is 0.887. The van der Waals surface area contributed by atoms with Crippen LogP contribution < -0.4 is 4.90 Å². The molecule has 266 valence electrons. The van der Waals surface area contributed by atoms with Crippen molar-refractivity contribution < 1.29 is 4.42 Å². The first-order valence-corrected chi connectivity index (χ1v) is 20.2. The predicted octanol–water partition coefficient (Wildman–Crippen LogP) is 16.2. The lowest BCUT2D eigenvalue weighted by molar-refractivity contribution is 0.673. The summed E-state index contributed by atoms with van der Waals surface area (Å²) in [5.41, 5.74) is 9.82. The molecule has 0 N–H and O–H groups in total. The molecule has 0 bridgehead atoms. The molecule has 0 aliphatic heterocycles. The Kier molecular flexibility index (Phi) is 7.13. The first-order chi connectivity index (χ1) is 28.3. The molecule has 12 rings (SSSR count). The van der Waals surface area contributed by atoms with E-state index >= 15 is 0 Å². The van der Waals surface area contributed by atoms with E-state index in [4.69, 9.17) is 4.42 Å². The molecule has 0 unspecified atom stereocenters. The summed E-state index contributed by atoms with van der Waals surface area (Å²) in [7, 11) is 0. The van der Waals surface area contributed by atoms with E-state index in [0.717, 1.165) is 55.5 Å². The van der Waals surface area contributed by atoms with Gasteiger partial charge in [0.15, 0.2) is 0 Å². The Morgan fingerprint density at radius 3 is 1.91 bits per heavy atom. The SMILES string of the molecule is c1ccc(N(c2ccc(-c3cc4ccccc4c4ccccc34)cc2)c2ccc3sc4ccccc4c3c2)c(-c2cccc3oc4c5ccccc5ccc4c23)c1. The van der Waals surface area contributed by atoms with Crippen molar-refractivity contribution >= 4 is 103 Å². The highest BCUT2D eigenvalue weighted by Crippen LogP contribution is 2.47. The van der Waals surface area contributed by atoms with Gasteiger partial charge >= 0.3 is 0 Å². The molecule has 10 aromatic carbocycles. The highest BCUT2D eigenvalue weighted by atomic mass is 32.1. The van der Waals surface area contributed by atoms with Crippen LogP contribution in [0.1, 0.15) is 0 Å². The Balaban J connectivity index is 1.08. The molecular formula is C54H33NOS. The van der Waals surface area contributed by atoms with E-state index in [9.17, 15) is 0 Å². The fourth-order valence-electron chi connectivity index (χ4n) is 9.04. The molecule has 0 radical (unpaired) electrons. The third-order valence-electron chi connectivity index (χ3n) is 11.6. The largest absolute Gasteiger partial charge is 0.455 e. The van der Waals surface area contributed by atoms with E-state index in [1.54, 1.807) is 0 Å². The van der Waals surface area contributed by atoms with Crippen molar-refractivity contribution in [3.8, 4) is 22.3 Å². The molecule has 0 spiro atoms. The van der Waals surface area contributed by atoms with Gasteiger partial charge in [-0.2, -0.15) is 0 Å². The van der Waals surface area contributed by atoms with Gasteiger partial charge in [0, 0.05) is 53.3 Å². The quantitative estimate of drug-likeness (QED) is 0.163. The summed E-state index contributed by atoms with van der Waals surface area (Å²) in [4.78, 5) is 2.43. The average molecular weight is 744 g/mol. The van der Waals surface area contributed by atoms with Crippen LogP contribution in [0.15, 0.2) is 205 Å². The first kappa shape index (κ1) is 32.1. The van der Waals surface area contributed by atoms with E-state index < -0.39 is 0 Å². The van der Waals surface area contributed by atoms with Crippen molar-refractivity contribution in [1.29, 1.82) is 0 Å². The molecule has 0 aliphatic carbocycles. The second kappa shape index (κ2) is 12.7. The van der Waals surface area contributed by atoms with Crippen LogP contribution in [0.3, 0.4) is 0 Å². The number of furan rings is 1. The minimum Gasteiger partial charge on any atom is -0.455 e. The van der Waals surface area contributed by atoms with Gasteiger partial charge in [0.1, 0.15) is 11.2 Å². The summed E-state index contributed by atoms with van der Waals surface area (Å²) in [5.74, 6) is 0. The lowest BCUT2D eigenvalue weighted by Crippen LogP contribution is -2.11. The molecule has 0 atom stereocenters. The van der Waals surface area contributed by atoms with Gasteiger partial charge in [-0.05, 0) is 104 Å². The maximum atomic E-state index is 6.68. The Bertz CT molecular complexity index is 3540. The number of anilines is 3. The fourth-order valence-corrected chi connectivity index (χ4v) is 10.1. The van der Waals surface area contributed by atoms with Gasteiger partial charge in [-0.25, -0.2) is 0 Å². The highest BCUT2D eigenvalue weighted by molar-refractivity contribution is 7.25. The summed E-state index contributed by atoms with van der Waals surface area (Å²) in [6.45, 7) is 0. The van der Waals surface area contributed by atoms with Gasteiger partial charge in [0.25, 0.3) is 0 Å². The van der Waals surface area contributed by atoms with Crippen LogP contribution in [-0.2, 0) is 0 Å². The molecule has 0 amide bonds. The van der Waals surface area contributed by atoms with Crippen LogP contribution in [0, 0.1) is 0 Å². The Morgan fingerprint density at radius 2 is 1.04 bits per heavy atom. The molecule has 0 fully saturated rings. The van der Waals surface area contributed by atoms with E-state index in [-0.39, 0.29) is 0 Å². The van der Waals surface area contributed by atoms with E-state index in [1.165, 1.54) is 58.2 Å². The van der Waals surface area contributed by atoms with Gasteiger partial charge in [0.2, 0.25) is 0 Å². The van der Waals surface area contributed by atoms with E-state index in [1.807, 2.05) is 11.3 Å². The molecule has 2 heterocycles. The Labute approximate surface area is 333 Å². The number of fused-ring (bicyclic) bond motifs is 11. The van der Waals surface area contributed by atoms with Gasteiger partial charge in [-0.15, -0.1) is 11.3 Å². The number of para-hydroxylation sites is 1. The predicted molar refractivity (Wildman–Crippen MR) is 245 cm³/mol. The van der Waals surface area contributed by atoms with Crippen LogP contribution in [0.25, 0.3) is 96.7 Å². The molecule has 0 saturated carbocycles. The van der Waals surface area contributed by atoms with Crippen molar-refractivity contribution in [3.05, 3.63) is 200 Å². The molecule has 0 aliphatic rings. The van der Waals surface area contributed by atoms with Crippen molar-refractivity contribution in [2.45, 2.75) is 0 Å². The van der Waals surface area contributed by atoms with Crippen LogP contribution >= 0.6 is 11.3 Å². The average Bonchev–Trinajstić information content (AvgIpc) is 3.85. The lowest BCUT2D eigenvalue weighted by atomic mass is 9.93. The Hall–Kier alpha value is -7.20. The second-order valence-electron chi connectivity index (χ2n) is 14.8. The summed E-state index contributed by atoms with van der Waals surface area (Å²) < 4.78 is 9.26. The summed E-state index contributed by atoms with van der Waals surface area (Å²) in [5, 5.41) is 12.2. The van der Waals surface area contributed by atoms with Crippen molar-refractivity contribution in [2.24, 2.45) is 0 Å². The zero-order valence-corrected chi connectivity index (χ0v) is 31.6. The van der Waals surface area contributed by atoms with Crippen molar-refractivity contribution in [2.75, 3.05) is 4.90 Å². The Morgan fingerprint density at radius 1 is 0.368 bits per heavy atom. The van der Waals surface area contributed by atoms with E-state index in [2.05, 4.69) is 205 Å². The maximum Gasteiger partial charge on any atom is 0.143 e. The third-order valence-corrected chi connectivity index (χ3v) is 12.8. The van der Waals surface area contributed by atoms with Gasteiger partial charge in [-0.3, -0.25) is 0 Å². The normalized spacial score (nSPS) is 11.9. The molecule has 3 heteroatoms. The lowest BCUT2D eigenvalue weighted by Gasteiger charge is -2.28. The molecule has 12 aromatic rings. The van der Waals surface area contributed by atoms with Crippen LogP contribution in [0.4, 0.5) is 17.1 Å². The molecular weight excluding hydrogens is 711 g/mol. The zero-order chi connectivity index (χ0) is 37.5. The minimum absolute atomic E-state index is 0.887. The van der Waals surface area contributed by atoms with Crippen LogP contribution in [-0.4, -0.2) is 0 Å². The van der Waals surface area contributed by atoms with Crippen LogP contribution in [0.2, 0.25) is 0 Å². The van der Waals surface area contributed by atoms with Gasteiger partial charge < -0.3 is 9.32 Å². The number of hydrogen-bond donors (Lipinski definition) is 0. The summed E-state index contributed by atoms with van der Waals surface area (Å²) >= 11 is 1.85. The standard InChI is InChI=1S/C54H33NOS/c1-4-15-40-34(12-1)26-30-46-53-45(20-11-22-50(53)56-54(40)46)43-18-7-9-21-49(43)55(38-29-31-52-48(33-38)44-19-8-10-23-51(44)57-52)37-27-24-35(25-28-37)47-32-36-13-2-3-14-39(36)41-16-5-6-17-42(41)47/h1-33H. The fraction of sp³-hybridized carbons (Fsp3) is 0. The van der Waals surface area contributed by atoms with Gasteiger partial charge in [0.05, 0.1) is 5.69 Å². The van der Waals surface area contributed by atoms with E-state index in [0.29, 0.717) is 0 Å². The van der Waals surface area contributed by atoms with Crippen molar-refractivity contribution in [1.82, 2.24) is 0 Å².